The van der Waals surface area contributed by atoms with E-state index >= 15 is 0 Å². The van der Waals surface area contributed by atoms with E-state index in [-0.39, 0.29) is 28.5 Å². The molecule has 2 heterocycles. The van der Waals surface area contributed by atoms with E-state index in [1.165, 1.54) is 17.7 Å². The molecule has 0 aliphatic heterocycles. The SMILES string of the molecule is COC(=O)c1cc(C)nc2c1c(=O)n(CC(=O)N(C)C1CCCCC1)c(=O)n2-c1ccccc1. The summed E-state index contributed by atoms with van der Waals surface area (Å²) in [7, 11) is 2.93. The molecular weight excluding hydrogens is 436 g/mol. The number of hydrogen-bond donors (Lipinski definition) is 0. The van der Waals surface area contributed by atoms with Gasteiger partial charge in [0.15, 0.2) is 5.65 Å². The molecule has 1 aromatic carbocycles. The first-order valence-electron chi connectivity index (χ1n) is 11.4. The Bertz CT molecular complexity index is 1350. The van der Waals surface area contributed by atoms with E-state index in [1.54, 1.807) is 49.2 Å². The third-order valence-electron chi connectivity index (χ3n) is 6.45. The summed E-state index contributed by atoms with van der Waals surface area (Å²) in [6.07, 6.45) is 5.05. The smallest absolute Gasteiger partial charge is 0.338 e. The quantitative estimate of drug-likeness (QED) is 0.538. The summed E-state index contributed by atoms with van der Waals surface area (Å²) in [6, 6.07) is 10.2. The number of rotatable bonds is 5. The fourth-order valence-electron chi connectivity index (χ4n) is 4.60. The molecule has 0 atom stereocenters. The molecule has 1 aliphatic carbocycles. The molecule has 1 fully saturated rings. The Hall–Kier alpha value is -3.75. The average Bonchev–Trinajstić information content (AvgIpc) is 2.86. The minimum Gasteiger partial charge on any atom is -0.465 e. The molecule has 1 amide bonds. The van der Waals surface area contributed by atoms with E-state index in [0.29, 0.717) is 11.4 Å². The van der Waals surface area contributed by atoms with E-state index in [0.717, 1.165) is 36.7 Å². The van der Waals surface area contributed by atoms with Crippen molar-refractivity contribution >= 4 is 22.9 Å². The number of aryl methyl sites for hydroxylation is 1. The standard InChI is InChI=1S/C25H28N4O5/c1-16-14-19(24(32)34-3)21-22(26-16)29(18-12-8-5-9-13-18)25(33)28(23(21)31)15-20(30)27(2)17-10-6-4-7-11-17/h5,8-9,12-14,17H,4,6-7,10-11,15H2,1-3H3. The van der Waals surface area contributed by atoms with E-state index in [4.69, 9.17) is 4.74 Å². The molecule has 178 valence electrons. The summed E-state index contributed by atoms with van der Waals surface area (Å²) >= 11 is 0. The van der Waals surface area contributed by atoms with Crippen LogP contribution in [0.1, 0.15) is 48.2 Å². The monoisotopic (exact) mass is 464 g/mol. The number of hydrogen-bond acceptors (Lipinski definition) is 6. The van der Waals surface area contributed by atoms with Gasteiger partial charge in [-0.2, -0.15) is 0 Å². The molecule has 0 radical (unpaired) electrons. The lowest BCUT2D eigenvalue weighted by atomic mass is 9.94. The lowest BCUT2D eigenvalue weighted by Gasteiger charge is -2.31. The van der Waals surface area contributed by atoms with Crippen LogP contribution in [0.5, 0.6) is 0 Å². The molecule has 9 nitrogen and oxygen atoms in total. The maximum absolute atomic E-state index is 13.6. The number of amides is 1. The van der Waals surface area contributed by atoms with Gasteiger partial charge in [-0.15, -0.1) is 0 Å². The van der Waals surface area contributed by atoms with Gasteiger partial charge in [0.2, 0.25) is 5.91 Å². The number of methoxy groups -OCH3 is 1. The second-order valence-electron chi connectivity index (χ2n) is 8.64. The van der Waals surface area contributed by atoms with Crippen LogP contribution in [0.15, 0.2) is 46.0 Å². The number of carbonyl (C=O) groups excluding carboxylic acids is 2. The molecule has 0 bridgehead atoms. The van der Waals surface area contributed by atoms with Gasteiger partial charge in [-0.25, -0.2) is 23.7 Å². The number of likely N-dealkylation sites (N-methyl/N-ethyl adjacent to an activating group) is 1. The van der Waals surface area contributed by atoms with Gasteiger partial charge in [-0.3, -0.25) is 9.59 Å². The van der Waals surface area contributed by atoms with Crippen LogP contribution in [0.2, 0.25) is 0 Å². The first kappa shape index (κ1) is 23.4. The third-order valence-corrected chi connectivity index (χ3v) is 6.45. The van der Waals surface area contributed by atoms with E-state index < -0.39 is 23.8 Å². The number of aromatic nitrogens is 3. The fourth-order valence-corrected chi connectivity index (χ4v) is 4.60. The zero-order valence-electron chi connectivity index (χ0n) is 19.6. The van der Waals surface area contributed by atoms with Gasteiger partial charge in [0, 0.05) is 18.8 Å². The number of ether oxygens (including phenoxy) is 1. The predicted octanol–water partition coefficient (Wildman–Crippen LogP) is 2.43. The van der Waals surface area contributed by atoms with Crippen LogP contribution in [0, 0.1) is 6.92 Å². The Kier molecular flexibility index (Phi) is 6.63. The van der Waals surface area contributed by atoms with Crippen molar-refractivity contribution in [1.82, 2.24) is 19.0 Å². The van der Waals surface area contributed by atoms with Crippen LogP contribution in [-0.2, 0) is 16.1 Å². The lowest BCUT2D eigenvalue weighted by molar-refractivity contribution is -0.133. The summed E-state index contributed by atoms with van der Waals surface area (Å²) < 4.78 is 7.05. The normalized spacial score (nSPS) is 14.2. The highest BCUT2D eigenvalue weighted by molar-refractivity contribution is 6.02. The number of benzene rings is 1. The minimum absolute atomic E-state index is 0.00140. The van der Waals surface area contributed by atoms with Crippen molar-refractivity contribution in [2.45, 2.75) is 51.6 Å². The van der Waals surface area contributed by atoms with Crippen LogP contribution < -0.4 is 11.2 Å². The first-order valence-corrected chi connectivity index (χ1v) is 11.4. The molecule has 1 saturated carbocycles. The molecule has 2 aromatic heterocycles. The van der Waals surface area contributed by atoms with Crippen LogP contribution in [0.3, 0.4) is 0 Å². The number of esters is 1. The Labute approximate surface area is 196 Å². The molecule has 0 N–H and O–H groups in total. The van der Waals surface area contributed by atoms with Crippen molar-refractivity contribution in [1.29, 1.82) is 0 Å². The molecule has 0 spiro atoms. The highest BCUT2D eigenvalue weighted by atomic mass is 16.5. The number of nitrogens with zero attached hydrogens (tertiary/aromatic N) is 4. The number of carbonyl (C=O) groups is 2. The highest BCUT2D eigenvalue weighted by Gasteiger charge is 2.26. The largest absolute Gasteiger partial charge is 0.465 e. The Morgan fingerprint density at radius 3 is 2.44 bits per heavy atom. The van der Waals surface area contributed by atoms with E-state index in [2.05, 4.69) is 4.98 Å². The Morgan fingerprint density at radius 2 is 1.79 bits per heavy atom. The van der Waals surface area contributed by atoms with Crippen molar-refractivity contribution in [2.24, 2.45) is 0 Å². The lowest BCUT2D eigenvalue weighted by Crippen LogP contribution is -2.46. The zero-order chi connectivity index (χ0) is 24.4. The summed E-state index contributed by atoms with van der Waals surface area (Å²) in [4.78, 5) is 58.9. The zero-order valence-corrected chi connectivity index (χ0v) is 19.6. The molecule has 0 unspecified atom stereocenters. The van der Waals surface area contributed by atoms with Crippen LogP contribution in [0.25, 0.3) is 16.7 Å². The van der Waals surface area contributed by atoms with Crippen LogP contribution >= 0.6 is 0 Å². The van der Waals surface area contributed by atoms with Crippen LogP contribution in [0.4, 0.5) is 0 Å². The van der Waals surface area contributed by atoms with Gasteiger partial charge < -0.3 is 9.64 Å². The Balaban J connectivity index is 1.94. The van der Waals surface area contributed by atoms with E-state index in [1.807, 2.05) is 0 Å². The summed E-state index contributed by atoms with van der Waals surface area (Å²) in [5.41, 5.74) is -0.476. The van der Waals surface area contributed by atoms with Gasteiger partial charge in [-0.1, -0.05) is 37.5 Å². The maximum atomic E-state index is 13.6. The van der Waals surface area contributed by atoms with Crippen molar-refractivity contribution < 1.29 is 14.3 Å². The van der Waals surface area contributed by atoms with Gasteiger partial charge in [0.1, 0.15) is 6.54 Å². The summed E-state index contributed by atoms with van der Waals surface area (Å²) in [5, 5.41) is -0.0611. The molecular formula is C25H28N4O5. The highest BCUT2D eigenvalue weighted by Crippen LogP contribution is 2.22. The van der Waals surface area contributed by atoms with Gasteiger partial charge in [0.05, 0.1) is 23.7 Å². The van der Waals surface area contributed by atoms with Crippen molar-refractivity contribution in [3.63, 3.8) is 0 Å². The number of pyridine rings is 1. The first-order chi connectivity index (χ1) is 16.3. The summed E-state index contributed by atoms with van der Waals surface area (Å²) in [5.74, 6) is -1.05. The number of para-hydroxylation sites is 1. The topological polar surface area (TPSA) is 104 Å². The molecule has 9 heteroatoms. The molecule has 0 saturated heterocycles. The van der Waals surface area contributed by atoms with Gasteiger partial charge >= 0.3 is 11.7 Å². The van der Waals surface area contributed by atoms with Crippen LogP contribution in [-0.4, -0.2) is 51.1 Å². The van der Waals surface area contributed by atoms with Crippen molar-refractivity contribution in [3.8, 4) is 5.69 Å². The minimum atomic E-state index is -0.745. The number of fused-ring (bicyclic) bond motifs is 1. The predicted molar refractivity (Wildman–Crippen MR) is 127 cm³/mol. The molecule has 1 aliphatic rings. The van der Waals surface area contributed by atoms with E-state index in [9.17, 15) is 19.2 Å². The summed E-state index contributed by atoms with van der Waals surface area (Å²) in [6.45, 7) is 1.24. The molecule has 34 heavy (non-hydrogen) atoms. The van der Waals surface area contributed by atoms with Gasteiger partial charge in [-0.05, 0) is 38.0 Å². The maximum Gasteiger partial charge on any atom is 0.338 e. The Morgan fingerprint density at radius 1 is 1.12 bits per heavy atom. The van der Waals surface area contributed by atoms with Crippen molar-refractivity contribution in [3.05, 3.63) is 68.5 Å². The third kappa shape index (κ3) is 4.25. The second-order valence-corrected chi connectivity index (χ2v) is 8.64. The van der Waals surface area contributed by atoms with Crippen molar-refractivity contribution in [2.75, 3.05) is 14.2 Å². The fraction of sp³-hybridized carbons (Fsp3) is 0.400. The van der Waals surface area contributed by atoms with Gasteiger partial charge in [0.25, 0.3) is 5.56 Å². The molecule has 3 aromatic rings. The average molecular weight is 465 g/mol. The second kappa shape index (κ2) is 9.62. The molecule has 4 rings (SSSR count).